The third-order valence-corrected chi connectivity index (χ3v) is 4.83. The molecule has 0 spiro atoms. The zero-order valence-electron chi connectivity index (χ0n) is 12.3. The van der Waals surface area contributed by atoms with E-state index >= 15 is 0 Å². The molecule has 4 atom stereocenters. The molecule has 1 aromatic rings. The smallest absolute Gasteiger partial charge is 0.255 e. The third kappa shape index (κ3) is 2.88. The summed E-state index contributed by atoms with van der Waals surface area (Å²) in [5, 5.41) is 4.21. The molecule has 2 N–H and O–H groups in total. The highest BCUT2D eigenvalue weighted by Crippen LogP contribution is 2.37. The molecule has 2 heterocycles. The van der Waals surface area contributed by atoms with Gasteiger partial charge in [0, 0.05) is 12.5 Å². The van der Waals surface area contributed by atoms with Gasteiger partial charge in [0.25, 0.3) is 5.89 Å². The van der Waals surface area contributed by atoms with E-state index in [0.29, 0.717) is 18.4 Å². The minimum atomic E-state index is -0.0460. The average molecular weight is 279 g/mol. The summed E-state index contributed by atoms with van der Waals surface area (Å²) >= 11 is 0. The van der Waals surface area contributed by atoms with E-state index in [4.69, 9.17) is 15.0 Å². The van der Waals surface area contributed by atoms with E-state index in [1.54, 1.807) is 0 Å². The molecule has 2 fully saturated rings. The first-order chi connectivity index (χ1) is 9.80. The molecule has 5 heteroatoms. The number of hydrogen-bond acceptors (Lipinski definition) is 5. The van der Waals surface area contributed by atoms with Gasteiger partial charge in [-0.05, 0) is 31.6 Å². The monoisotopic (exact) mass is 279 g/mol. The van der Waals surface area contributed by atoms with E-state index in [1.807, 2.05) is 0 Å². The highest BCUT2D eigenvalue weighted by Gasteiger charge is 2.32. The lowest BCUT2D eigenvalue weighted by Gasteiger charge is -2.26. The van der Waals surface area contributed by atoms with Gasteiger partial charge in [-0.15, -0.1) is 0 Å². The van der Waals surface area contributed by atoms with Crippen molar-refractivity contribution in [1.82, 2.24) is 10.1 Å². The van der Waals surface area contributed by atoms with Crippen LogP contribution in [-0.2, 0) is 4.74 Å². The number of hydrogen-bond donors (Lipinski definition) is 1. The van der Waals surface area contributed by atoms with Crippen LogP contribution in [0.2, 0.25) is 0 Å². The van der Waals surface area contributed by atoms with Crippen molar-refractivity contribution in [3.05, 3.63) is 11.7 Å². The molecule has 1 aliphatic carbocycles. The Balaban J connectivity index is 1.64. The van der Waals surface area contributed by atoms with Gasteiger partial charge in [0.1, 0.15) is 6.10 Å². The van der Waals surface area contributed by atoms with Crippen LogP contribution in [0.4, 0.5) is 0 Å². The zero-order chi connectivity index (χ0) is 13.9. The van der Waals surface area contributed by atoms with Crippen LogP contribution in [0.15, 0.2) is 4.52 Å². The fourth-order valence-corrected chi connectivity index (χ4v) is 3.50. The van der Waals surface area contributed by atoms with Crippen LogP contribution in [0.5, 0.6) is 0 Å². The molecule has 1 saturated heterocycles. The van der Waals surface area contributed by atoms with Gasteiger partial charge >= 0.3 is 0 Å². The van der Waals surface area contributed by atoms with Gasteiger partial charge in [-0.3, -0.25) is 0 Å². The summed E-state index contributed by atoms with van der Waals surface area (Å²) in [7, 11) is 0. The molecule has 1 aromatic heterocycles. The molecular weight excluding hydrogens is 254 g/mol. The standard InChI is InChI=1S/C15H25N3O2/c1-2-10-4-3-5-11(8-10)14-17-15(20-18-14)13-7-6-12(9-16)19-13/h10-13H,2-9,16H2,1H3. The summed E-state index contributed by atoms with van der Waals surface area (Å²) in [6, 6.07) is 0. The van der Waals surface area contributed by atoms with E-state index in [-0.39, 0.29) is 12.2 Å². The molecule has 3 rings (SSSR count). The number of aromatic nitrogens is 2. The van der Waals surface area contributed by atoms with Gasteiger partial charge in [0.05, 0.1) is 6.10 Å². The SMILES string of the molecule is CCC1CCCC(c2noc(C3CCC(CN)O3)n2)C1. The van der Waals surface area contributed by atoms with E-state index in [9.17, 15) is 0 Å². The summed E-state index contributed by atoms with van der Waals surface area (Å²) in [4.78, 5) is 4.61. The van der Waals surface area contributed by atoms with Crippen molar-refractivity contribution in [3.8, 4) is 0 Å². The molecule has 0 bridgehead atoms. The van der Waals surface area contributed by atoms with Crippen LogP contribution >= 0.6 is 0 Å². The zero-order valence-corrected chi connectivity index (χ0v) is 12.3. The van der Waals surface area contributed by atoms with Crippen molar-refractivity contribution >= 4 is 0 Å². The van der Waals surface area contributed by atoms with Crippen LogP contribution in [0, 0.1) is 5.92 Å². The quantitative estimate of drug-likeness (QED) is 0.917. The molecule has 0 radical (unpaired) electrons. The van der Waals surface area contributed by atoms with E-state index in [1.165, 1.54) is 32.1 Å². The number of nitrogens with zero attached hydrogens (tertiary/aromatic N) is 2. The molecule has 0 aromatic carbocycles. The topological polar surface area (TPSA) is 74.2 Å². The Bertz CT molecular complexity index is 435. The molecule has 4 unspecified atom stereocenters. The summed E-state index contributed by atoms with van der Waals surface area (Å²) in [6.45, 7) is 2.84. The van der Waals surface area contributed by atoms with Gasteiger partial charge in [-0.2, -0.15) is 4.98 Å². The van der Waals surface area contributed by atoms with E-state index < -0.39 is 0 Å². The second-order valence-electron chi connectivity index (χ2n) is 6.19. The maximum atomic E-state index is 5.82. The van der Waals surface area contributed by atoms with Gasteiger partial charge in [-0.1, -0.05) is 31.3 Å². The molecular formula is C15H25N3O2. The van der Waals surface area contributed by atoms with Gasteiger partial charge in [0.15, 0.2) is 5.82 Å². The summed E-state index contributed by atoms with van der Waals surface area (Å²) in [5.41, 5.74) is 5.64. The fraction of sp³-hybridized carbons (Fsp3) is 0.867. The molecule has 20 heavy (non-hydrogen) atoms. The van der Waals surface area contributed by atoms with Crippen molar-refractivity contribution in [2.45, 2.75) is 70.0 Å². The normalized spacial score (nSPS) is 34.5. The molecule has 112 valence electrons. The molecule has 1 aliphatic heterocycles. The predicted molar refractivity (Wildman–Crippen MR) is 75.2 cm³/mol. The molecule has 5 nitrogen and oxygen atoms in total. The van der Waals surface area contributed by atoms with Gasteiger partial charge < -0.3 is 15.0 Å². The van der Waals surface area contributed by atoms with Crippen LogP contribution in [0.1, 0.15) is 75.6 Å². The van der Waals surface area contributed by atoms with Crippen LogP contribution in [-0.4, -0.2) is 22.8 Å². The van der Waals surface area contributed by atoms with Crippen molar-refractivity contribution in [1.29, 1.82) is 0 Å². The van der Waals surface area contributed by atoms with Crippen LogP contribution < -0.4 is 5.73 Å². The van der Waals surface area contributed by atoms with Crippen molar-refractivity contribution in [2.24, 2.45) is 11.7 Å². The lowest BCUT2D eigenvalue weighted by molar-refractivity contribution is 0.0307. The summed E-state index contributed by atoms with van der Waals surface area (Å²) in [5.74, 6) is 2.82. The third-order valence-electron chi connectivity index (χ3n) is 4.83. The van der Waals surface area contributed by atoms with Gasteiger partial charge in [-0.25, -0.2) is 0 Å². The summed E-state index contributed by atoms with van der Waals surface area (Å²) in [6.07, 6.45) is 8.30. The molecule has 1 saturated carbocycles. The lowest BCUT2D eigenvalue weighted by Crippen LogP contribution is -2.19. The van der Waals surface area contributed by atoms with E-state index in [2.05, 4.69) is 17.1 Å². The minimum absolute atomic E-state index is 0.0460. The number of ether oxygens (including phenoxy) is 1. The van der Waals surface area contributed by atoms with Crippen LogP contribution in [0.3, 0.4) is 0 Å². The summed E-state index contributed by atoms with van der Waals surface area (Å²) < 4.78 is 11.3. The Morgan fingerprint density at radius 1 is 1.25 bits per heavy atom. The Hall–Kier alpha value is -0.940. The lowest BCUT2D eigenvalue weighted by atomic mass is 9.80. The first-order valence-corrected chi connectivity index (χ1v) is 7.99. The molecule has 2 aliphatic rings. The Labute approximate surface area is 120 Å². The highest BCUT2D eigenvalue weighted by atomic mass is 16.5. The van der Waals surface area contributed by atoms with Crippen molar-refractivity contribution in [2.75, 3.05) is 6.54 Å². The average Bonchev–Trinajstić information content (AvgIpc) is 3.15. The van der Waals surface area contributed by atoms with Crippen LogP contribution in [0.25, 0.3) is 0 Å². The minimum Gasteiger partial charge on any atom is -0.364 e. The van der Waals surface area contributed by atoms with Gasteiger partial charge in [0.2, 0.25) is 0 Å². The number of nitrogens with two attached hydrogens (primary N) is 1. The largest absolute Gasteiger partial charge is 0.364 e. The van der Waals surface area contributed by atoms with Crippen molar-refractivity contribution in [3.63, 3.8) is 0 Å². The maximum absolute atomic E-state index is 5.82. The fourth-order valence-electron chi connectivity index (χ4n) is 3.50. The first-order valence-electron chi connectivity index (χ1n) is 7.99. The highest BCUT2D eigenvalue weighted by molar-refractivity contribution is 5.00. The number of rotatable bonds is 4. The second kappa shape index (κ2) is 6.22. The maximum Gasteiger partial charge on any atom is 0.255 e. The molecule has 0 amide bonds. The Morgan fingerprint density at radius 3 is 2.90 bits per heavy atom. The Kier molecular flexibility index (Phi) is 4.36. The van der Waals surface area contributed by atoms with E-state index in [0.717, 1.165) is 24.6 Å². The Morgan fingerprint density at radius 2 is 2.15 bits per heavy atom. The first kappa shape index (κ1) is 14.0. The van der Waals surface area contributed by atoms with Crippen molar-refractivity contribution < 1.29 is 9.26 Å². The predicted octanol–water partition coefficient (Wildman–Crippen LogP) is 2.93. The second-order valence-corrected chi connectivity index (χ2v) is 6.19.